The maximum Gasteiger partial charge on any atom is 0.420 e. The number of hydrogen-bond acceptors (Lipinski definition) is 7. The van der Waals surface area contributed by atoms with E-state index < -0.39 is 40.3 Å². The number of halogens is 4. The third-order valence-corrected chi connectivity index (χ3v) is 6.99. The highest BCUT2D eigenvalue weighted by atomic mass is 19.4. The van der Waals surface area contributed by atoms with Crippen LogP contribution in [0.5, 0.6) is 11.5 Å². The lowest BCUT2D eigenvalue weighted by Gasteiger charge is -2.15. The van der Waals surface area contributed by atoms with Crippen LogP contribution in [0.1, 0.15) is 35.8 Å². The molecule has 0 aliphatic carbocycles. The van der Waals surface area contributed by atoms with Crippen LogP contribution < -0.4 is 21.7 Å². The van der Waals surface area contributed by atoms with E-state index in [2.05, 4.69) is 10.1 Å². The lowest BCUT2D eigenvalue weighted by molar-refractivity contribution is -0.138. The molecule has 16 heteroatoms. The number of rotatable bonds is 6. The molecule has 6 aromatic rings. The summed E-state index contributed by atoms with van der Waals surface area (Å²) < 4.78 is 63.9. The maximum absolute atomic E-state index is 13.4. The minimum Gasteiger partial charge on any atom is -0.477 e. The number of anilines is 1. The third kappa shape index (κ3) is 6.81. The molecule has 0 aliphatic heterocycles. The molecule has 2 aromatic carbocycles. The van der Waals surface area contributed by atoms with E-state index in [1.807, 2.05) is 7.05 Å². The van der Waals surface area contributed by atoms with Crippen molar-refractivity contribution in [2.24, 2.45) is 7.05 Å². The highest BCUT2D eigenvalue weighted by Crippen LogP contribution is 2.40. The van der Waals surface area contributed by atoms with E-state index in [0.717, 1.165) is 33.5 Å². The van der Waals surface area contributed by atoms with Crippen LogP contribution in [0.25, 0.3) is 22.5 Å². The summed E-state index contributed by atoms with van der Waals surface area (Å²) in [7, 11) is 1.82. The van der Waals surface area contributed by atoms with Crippen molar-refractivity contribution in [2.45, 2.75) is 26.1 Å². The van der Waals surface area contributed by atoms with Gasteiger partial charge in [-0.15, -0.1) is 0 Å². The zero-order chi connectivity index (χ0) is 34.9. The first kappa shape index (κ1) is 33.2. The Hall–Kier alpha value is -6.19. The van der Waals surface area contributed by atoms with Crippen LogP contribution in [0.2, 0.25) is 0 Å². The fourth-order valence-electron chi connectivity index (χ4n) is 4.66. The van der Waals surface area contributed by atoms with Gasteiger partial charge in [0.1, 0.15) is 28.2 Å². The van der Waals surface area contributed by atoms with Crippen molar-refractivity contribution in [2.75, 3.05) is 5.73 Å². The number of carboxylic acid groups (broad SMARTS) is 1. The average Bonchev–Trinajstić information content (AvgIpc) is 3.68. The number of pyridine rings is 1. The molecule has 4 heterocycles. The van der Waals surface area contributed by atoms with Gasteiger partial charge in [0.15, 0.2) is 5.75 Å². The summed E-state index contributed by atoms with van der Waals surface area (Å²) in [5, 5.41) is 13.2. The van der Waals surface area contributed by atoms with Gasteiger partial charge in [0.2, 0.25) is 0 Å². The first-order valence-corrected chi connectivity index (χ1v) is 14.1. The minimum absolute atomic E-state index is 0.00594. The molecular formula is C32H27F4N7O5. The molecule has 0 amide bonds. The van der Waals surface area contributed by atoms with Crippen molar-refractivity contribution in [3.8, 4) is 28.4 Å². The van der Waals surface area contributed by atoms with E-state index in [4.69, 9.17) is 15.6 Å². The van der Waals surface area contributed by atoms with Crippen molar-refractivity contribution in [3.63, 3.8) is 0 Å². The second-order valence-electron chi connectivity index (χ2n) is 10.8. The number of ether oxygens (including phenoxy) is 1. The highest BCUT2D eigenvalue weighted by molar-refractivity contribution is 5.86. The van der Waals surface area contributed by atoms with Crippen LogP contribution in [0, 0.1) is 5.82 Å². The average molecular weight is 666 g/mol. The van der Waals surface area contributed by atoms with Crippen LogP contribution in [-0.4, -0.2) is 39.4 Å². The van der Waals surface area contributed by atoms with Gasteiger partial charge in [-0.2, -0.15) is 18.3 Å². The number of aryl methyl sites for hydroxylation is 1. The number of nitrogens with zero attached hydrogens (tertiary/aromatic N) is 6. The van der Waals surface area contributed by atoms with Gasteiger partial charge >= 0.3 is 17.8 Å². The minimum atomic E-state index is -4.60. The molecule has 4 aromatic heterocycles. The van der Waals surface area contributed by atoms with Gasteiger partial charge in [-0.1, -0.05) is 0 Å². The second kappa shape index (κ2) is 12.9. The van der Waals surface area contributed by atoms with Gasteiger partial charge in [0, 0.05) is 42.9 Å². The number of nitrogens with two attached hydrogens (primary N) is 1. The van der Waals surface area contributed by atoms with E-state index >= 15 is 0 Å². The van der Waals surface area contributed by atoms with E-state index in [1.54, 1.807) is 49.3 Å². The van der Waals surface area contributed by atoms with Crippen LogP contribution in [0.3, 0.4) is 0 Å². The van der Waals surface area contributed by atoms with E-state index in [-0.39, 0.29) is 28.9 Å². The van der Waals surface area contributed by atoms with Gasteiger partial charge in [0.05, 0.1) is 23.9 Å². The number of carboxylic acids is 1. The largest absolute Gasteiger partial charge is 0.477 e. The molecule has 0 unspecified atom stereocenters. The lowest BCUT2D eigenvalue weighted by Crippen LogP contribution is -2.41. The molecule has 0 aliphatic rings. The smallest absolute Gasteiger partial charge is 0.420 e. The zero-order valence-electron chi connectivity index (χ0n) is 25.5. The van der Waals surface area contributed by atoms with Crippen molar-refractivity contribution < 1.29 is 32.2 Å². The van der Waals surface area contributed by atoms with Crippen molar-refractivity contribution in [1.82, 2.24) is 28.3 Å². The lowest BCUT2D eigenvalue weighted by atomic mass is 10.1. The molecule has 0 radical (unpaired) electrons. The molecule has 0 saturated heterocycles. The van der Waals surface area contributed by atoms with Crippen molar-refractivity contribution in [1.29, 1.82) is 0 Å². The number of alkyl halides is 3. The number of fused-ring (bicyclic) bond motifs is 1. The molecule has 0 bridgehead atoms. The summed E-state index contributed by atoms with van der Waals surface area (Å²) in [5.41, 5.74) is 4.38. The van der Waals surface area contributed by atoms with Crippen molar-refractivity contribution >= 4 is 17.2 Å². The SMILES string of the molecule is CC(C)n1cc(C(=O)O)c(=O)n(-c2ccc(F)cc2)c1=O.Cn1cnc(-c2cc(Oc3ccc(N)cc3C(F)(F)F)c3ccnn3c2)c1. The summed E-state index contributed by atoms with van der Waals surface area (Å²) >= 11 is 0. The number of hydrogen-bond donors (Lipinski definition) is 2. The second-order valence-corrected chi connectivity index (χ2v) is 10.8. The number of benzene rings is 2. The zero-order valence-corrected chi connectivity index (χ0v) is 25.5. The Morgan fingerprint density at radius 1 is 0.979 bits per heavy atom. The van der Waals surface area contributed by atoms with E-state index in [9.17, 15) is 31.9 Å². The summed E-state index contributed by atoms with van der Waals surface area (Å²) in [6, 6.07) is 11.1. The van der Waals surface area contributed by atoms with Crippen LogP contribution in [-0.2, 0) is 13.2 Å². The molecule has 0 spiro atoms. The molecule has 12 nitrogen and oxygen atoms in total. The van der Waals surface area contributed by atoms with Gasteiger partial charge in [-0.3, -0.25) is 9.36 Å². The number of aromatic carboxylic acids is 1. The summed E-state index contributed by atoms with van der Waals surface area (Å²) in [6.07, 6.45) is 3.12. The standard InChI is InChI=1S/C18H14F3N5O.C14H13FN2O4/c1-25-9-14(23-10-25)11-6-17(15-4-5-24-26(15)8-11)27-16-3-2-12(22)7-13(16)18(19,20)21;1-8(2)16-7-11(13(19)20)12(18)17(14(16)21)10-5-3-9(15)4-6-10/h2-10H,22H2,1H3;3-8H,1-2H3,(H,19,20). The predicted molar refractivity (Wildman–Crippen MR) is 167 cm³/mol. The fraction of sp³-hybridized carbons (Fsp3) is 0.156. The van der Waals surface area contributed by atoms with Crippen molar-refractivity contribution in [3.05, 3.63) is 123 Å². The summed E-state index contributed by atoms with van der Waals surface area (Å²) in [4.78, 5) is 39.9. The third-order valence-electron chi connectivity index (χ3n) is 6.99. The van der Waals surface area contributed by atoms with Gasteiger partial charge < -0.3 is 20.1 Å². The number of nitrogen functional groups attached to an aromatic ring is 1. The topological polar surface area (TPSA) is 152 Å². The highest BCUT2D eigenvalue weighted by Gasteiger charge is 2.35. The Kier molecular flexibility index (Phi) is 8.92. The quantitative estimate of drug-likeness (QED) is 0.174. The Morgan fingerprint density at radius 3 is 2.29 bits per heavy atom. The van der Waals surface area contributed by atoms with E-state index in [1.165, 1.54) is 35.0 Å². The van der Waals surface area contributed by atoms with Crippen LogP contribution in [0.15, 0.2) is 95.3 Å². The maximum atomic E-state index is 13.4. The monoisotopic (exact) mass is 665 g/mol. The Morgan fingerprint density at radius 2 is 1.69 bits per heavy atom. The molecule has 6 rings (SSSR count). The normalized spacial score (nSPS) is 11.4. The molecule has 3 N–H and O–H groups in total. The van der Waals surface area contributed by atoms with Gasteiger partial charge in [-0.05, 0) is 68.4 Å². The number of imidazole rings is 1. The predicted octanol–water partition coefficient (Wildman–Crippen LogP) is 5.55. The molecule has 248 valence electrons. The molecule has 0 fully saturated rings. The van der Waals surface area contributed by atoms with Gasteiger partial charge in [-0.25, -0.2) is 28.0 Å². The Bertz CT molecular complexity index is 2250. The summed E-state index contributed by atoms with van der Waals surface area (Å²) in [5.74, 6) is -2.06. The Labute approximate surface area is 268 Å². The molecule has 0 atom stereocenters. The van der Waals surface area contributed by atoms with E-state index in [0.29, 0.717) is 16.8 Å². The first-order chi connectivity index (χ1) is 22.6. The van der Waals surface area contributed by atoms with Crippen LogP contribution >= 0.6 is 0 Å². The molecule has 48 heavy (non-hydrogen) atoms. The number of aromatic nitrogens is 6. The van der Waals surface area contributed by atoms with Crippen LogP contribution in [0.4, 0.5) is 23.2 Å². The fourth-order valence-corrected chi connectivity index (χ4v) is 4.66. The number of carbonyl (C=O) groups is 1. The Balaban J connectivity index is 0.000000194. The molecule has 0 saturated carbocycles. The molecular weight excluding hydrogens is 638 g/mol. The van der Waals surface area contributed by atoms with Gasteiger partial charge in [0.25, 0.3) is 5.56 Å². The first-order valence-electron chi connectivity index (χ1n) is 14.1. The summed E-state index contributed by atoms with van der Waals surface area (Å²) in [6.45, 7) is 3.37.